The fourth-order valence-electron chi connectivity index (χ4n) is 3.13. The van der Waals surface area contributed by atoms with Gasteiger partial charge in [0.25, 0.3) is 0 Å². The first-order chi connectivity index (χ1) is 12.2. The van der Waals surface area contributed by atoms with Crippen LogP contribution >= 0.6 is 24.0 Å². The van der Waals surface area contributed by atoms with Crippen molar-refractivity contribution in [3.8, 4) is 5.75 Å². The summed E-state index contributed by atoms with van der Waals surface area (Å²) in [5.41, 5.74) is 3.85. The van der Waals surface area contributed by atoms with Crippen molar-refractivity contribution in [3.05, 3.63) is 59.9 Å². The van der Waals surface area contributed by atoms with E-state index in [1.54, 1.807) is 7.11 Å². The number of methoxy groups -OCH3 is 1. The van der Waals surface area contributed by atoms with E-state index < -0.39 is 0 Å². The summed E-state index contributed by atoms with van der Waals surface area (Å²) in [6.07, 6.45) is 5.34. The molecule has 0 saturated carbocycles. The minimum atomic E-state index is 0. The summed E-state index contributed by atoms with van der Waals surface area (Å²) in [7, 11) is 5.61. The molecule has 1 aromatic carbocycles. The predicted molar refractivity (Wildman–Crippen MR) is 118 cm³/mol. The van der Waals surface area contributed by atoms with Gasteiger partial charge < -0.3 is 19.5 Å². The van der Waals surface area contributed by atoms with Crippen LogP contribution in [0.2, 0.25) is 0 Å². The summed E-state index contributed by atoms with van der Waals surface area (Å²) >= 11 is 0. The predicted octanol–water partition coefficient (Wildman–Crippen LogP) is 3.52. The van der Waals surface area contributed by atoms with Crippen LogP contribution in [-0.2, 0) is 13.6 Å². The maximum absolute atomic E-state index is 5.33. The Kier molecular flexibility index (Phi) is 7.56. The van der Waals surface area contributed by atoms with Gasteiger partial charge in [-0.25, -0.2) is 0 Å². The van der Waals surface area contributed by atoms with E-state index in [1.165, 1.54) is 16.8 Å². The van der Waals surface area contributed by atoms with Gasteiger partial charge in [-0.15, -0.1) is 24.0 Å². The fourth-order valence-corrected chi connectivity index (χ4v) is 3.13. The van der Waals surface area contributed by atoms with Crippen LogP contribution in [0, 0.1) is 0 Å². The van der Waals surface area contributed by atoms with E-state index in [0.717, 1.165) is 37.8 Å². The molecule has 1 aliphatic heterocycles. The van der Waals surface area contributed by atoms with E-state index >= 15 is 0 Å². The molecule has 5 nitrogen and oxygen atoms in total. The van der Waals surface area contributed by atoms with Gasteiger partial charge >= 0.3 is 0 Å². The van der Waals surface area contributed by atoms with Gasteiger partial charge in [-0.05, 0) is 41.8 Å². The molecule has 0 amide bonds. The molecule has 0 spiro atoms. The quantitative estimate of drug-likeness (QED) is 0.426. The molecule has 0 atom stereocenters. The second kappa shape index (κ2) is 9.66. The molecule has 0 aliphatic carbocycles. The third-order valence-corrected chi connectivity index (χ3v) is 4.64. The monoisotopic (exact) mass is 466 g/mol. The van der Waals surface area contributed by atoms with E-state index in [2.05, 4.69) is 63.4 Å². The Balaban J connectivity index is 0.00000243. The average molecular weight is 466 g/mol. The Hall–Kier alpha value is -1.96. The lowest BCUT2D eigenvalue weighted by Gasteiger charge is -2.30. The Morgan fingerprint density at radius 1 is 1.27 bits per heavy atom. The summed E-state index contributed by atoms with van der Waals surface area (Å²) in [6, 6.07) is 12.5. The van der Waals surface area contributed by atoms with Gasteiger partial charge in [0.2, 0.25) is 0 Å². The van der Waals surface area contributed by atoms with E-state index in [-0.39, 0.29) is 24.0 Å². The molecule has 1 N–H and O–H groups in total. The van der Waals surface area contributed by atoms with E-state index in [1.807, 2.05) is 19.2 Å². The zero-order chi connectivity index (χ0) is 17.6. The minimum absolute atomic E-state index is 0. The minimum Gasteiger partial charge on any atom is -0.497 e. The van der Waals surface area contributed by atoms with Crippen LogP contribution in [0.1, 0.15) is 17.7 Å². The van der Waals surface area contributed by atoms with E-state index in [4.69, 9.17) is 4.74 Å². The number of ether oxygens (including phenoxy) is 1. The van der Waals surface area contributed by atoms with Crippen molar-refractivity contribution in [1.29, 1.82) is 0 Å². The smallest absolute Gasteiger partial charge is 0.194 e. The Labute approximate surface area is 172 Å². The van der Waals surface area contributed by atoms with Crippen LogP contribution < -0.4 is 10.1 Å². The molecule has 26 heavy (non-hydrogen) atoms. The standard InChI is InChI=1S/C20H26N4O.HI/c1-21-20(22-15-18-7-5-11-23(18)2)24-12-9-16(10-13-24)17-6-4-8-19(14-17)25-3;/h4-9,11,14H,10,12-13,15H2,1-3H3,(H,21,22);1H. The zero-order valence-corrected chi connectivity index (χ0v) is 17.9. The molecule has 0 saturated heterocycles. The van der Waals surface area contributed by atoms with Gasteiger partial charge in [0.1, 0.15) is 5.75 Å². The van der Waals surface area contributed by atoms with Crippen LogP contribution in [0.25, 0.3) is 5.57 Å². The van der Waals surface area contributed by atoms with Crippen molar-refractivity contribution in [2.45, 2.75) is 13.0 Å². The van der Waals surface area contributed by atoms with Gasteiger partial charge in [-0.1, -0.05) is 18.2 Å². The van der Waals surface area contributed by atoms with Crippen LogP contribution in [0.5, 0.6) is 5.75 Å². The summed E-state index contributed by atoms with van der Waals surface area (Å²) in [4.78, 5) is 6.72. The third kappa shape index (κ3) is 4.81. The van der Waals surface area contributed by atoms with Crippen molar-refractivity contribution in [3.63, 3.8) is 0 Å². The molecule has 1 aromatic heterocycles. The number of halogens is 1. The topological polar surface area (TPSA) is 41.8 Å². The van der Waals surface area contributed by atoms with Crippen molar-refractivity contribution in [2.24, 2.45) is 12.0 Å². The highest BCUT2D eigenvalue weighted by Gasteiger charge is 2.16. The van der Waals surface area contributed by atoms with Gasteiger partial charge in [-0.2, -0.15) is 0 Å². The highest BCUT2D eigenvalue weighted by Crippen LogP contribution is 2.25. The molecular weight excluding hydrogens is 439 g/mol. The van der Waals surface area contributed by atoms with Crippen molar-refractivity contribution < 1.29 is 4.74 Å². The number of guanidine groups is 1. The summed E-state index contributed by atoms with van der Waals surface area (Å²) < 4.78 is 7.45. The van der Waals surface area contributed by atoms with Crippen molar-refractivity contribution in [2.75, 3.05) is 27.2 Å². The fraction of sp³-hybridized carbons (Fsp3) is 0.350. The maximum Gasteiger partial charge on any atom is 0.194 e. The largest absolute Gasteiger partial charge is 0.497 e. The Morgan fingerprint density at radius 2 is 2.12 bits per heavy atom. The highest BCUT2D eigenvalue weighted by atomic mass is 127. The lowest BCUT2D eigenvalue weighted by molar-refractivity contribution is 0.414. The molecule has 1 aliphatic rings. The Morgan fingerprint density at radius 3 is 2.73 bits per heavy atom. The number of aryl methyl sites for hydroxylation is 1. The second-order valence-electron chi connectivity index (χ2n) is 6.17. The summed E-state index contributed by atoms with van der Waals surface area (Å²) in [6.45, 7) is 2.59. The van der Waals surface area contributed by atoms with Crippen LogP contribution in [0.15, 0.2) is 53.7 Å². The van der Waals surface area contributed by atoms with Crippen LogP contribution in [-0.4, -0.2) is 42.7 Å². The average Bonchev–Trinajstić information content (AvgIpc) is 3.08. The molecule has 0 unspecified atom stereocenters. The van der Waals surface area contributed by atoms with Crippen LogP contribution in [0.4, 0.5) is 0 Å². The molecule has 3 rings (SSSR count). The molecule has 6 heteroatoms. The number of rotatable bonds is 4. The molecule has 140 valence electrons. The first-order valence-corrected chi connectivity index (χ1v) is 8.60. The van der Waals surface area contributed by atoms with Gasteiger partial charge in [-0.3, -0.25) is 4.99 Å². The lowest BCUT2D eigenvalue weighted by atomic mass is 9.99. The SMILES string of the molecule is CN=C(NCc1cccn1C)N1CC=C(c2cccc(OC)c2)CC1.I. The second-order valence-corrected chi connectivity index (χ2v) is 6.17. The van der Waals surface area contributed by atoms with Gasteiger partial charge in [0, 0.05) is 39.1 Å². The molecule has 0 bridgehead atoms. The normalized spacial score (nSPS) is 14.5. The summed E-state index contributed by atoms with van der Waals surface area (Å²) in [5.74, 6) is 1.85. The number of hydrogen-bond acceptors (Lipinski definition) is 2. The number of nitrogens with zero attached hydrogens (tertiary/aromatic N) is 3. The third-order valence-electron chi connectivity index (χ3n) is 4.64. The summed E-state index contributed by atoms with van der Waals surface area (Å²) in [5, 5.41) is 3.46. The number of aromatic nitrogens is 1. The van der Waals surface area contributed by atoms with E-state index in [0.29, 0.717) is 0 Å². The number of nitrogens with one attached hydrogen (secondary N) is 1. The Bertz CT molecular complexity index is 782. The van der Waals surface area contributed by atoms with Crippen LogP contribution in [0.3, 0.4) is 0 Å². The first-order valence-electron chi connectivity index (χ1n) is 8.60. The molecular formula is C20H27IN4O. The number of aliphatic imine (C=N–C) groups is 1. The molecule has 2 heterocycles. The van der Waals surface area contributed by atoms with Crippen molar-refractivity contribution in [1.82, 2.24) is 14.8 Å². The molecule has 0 fully saturated rings. The number of benzene rings is 1. The maximum atomic E-state index is 5.33. The first kappa shape index (κ1) is 20.4. The van der Waals surface area contributed by atoms with Gasteiger partial charge in [0.15, 0.2) is 5.96 Å². The van der Waals surface area contributed by atoms with E-state index in [9.17, 15) is 0 Å². The lowest BCUT2D eigenvalue weighted by Crippen LogP contribution is -2.43. The zero-order valence-electron chi connectivity index (χ0n) is 15.6. The van der Waals surface area contributed by atoms with Crippen molar-refractivity contribution >= 4 is 35.5 Å². The highest BCUT2D eigenvalue weighted by molar-refractivity contribution is 14.0. The molecule has 2 aromatic rings. The number of hydrogen-bond donors (Lipinski definition) is 1. The van der Waals surface area contributed by atoms with Gasteiger partial charge in [0.05, 0.1) is 13.7 Å². The molecule has 0 radical (unpaired) electrons.